The van der Waals surface area contributed by atoms with Crippen molar-refractivity contribution in [1.82, 2.24) is 0 Å². The summed E-state index contributed by atoms with van der Waals surface area (Å²) in [5.41, 5.74) is 0. The zero-order valence-corrected chi connectivity index (χ0v) is 56.1. The van der Waals surface area contributed by atoms with Crippen LogP contribution in [0.25, 0.3) is 0 Å². The fraction of sp³-hybridized carbons (Fsp3) is 0.889. The van der Waals surface area contributed by atoms with E-state index < -0.39 is 26.5 Å². The van der Waals surface area contributed by atoms with Gasteiger partial charge in [-0.15, -0.1) is 0 Å². The van der Waals surface area contributed by atoms with E-state index >= 15 is 0 Å². The molecular formula is C72H139NO8P+. The first kappa shape index (κ1) is 80.2. The summed E-state index contributed by atoms with van der Waals surface area (Å²) in [5.74, 6) is -0.774. The van der Waals surface area contributed by atoms with E-state index in [0.717, 1.165) is 44.9 Å². The Hall–Kier alpha value is -1.77. The number of quaternary nitrogens is 1. The van der Waals surface area contributed by atoms with Crippen LogP contribution >= 0.6 is 7.82 Å². The van der Waals surface area contributed by atoms with Crippen molar-refractivity contribution in [2.24, 2.45) is 0 Å². The van der Waals surface area contributed by atoms with E-state index in [2.05, 4.69) is 50.3 Å². The summed E-state index contributed by atoms with van der Waals surface area (Å²) in [5, 5.41) is 0. The quantitative estimate of drug-likeness (QED) is 0.0211. The molecule has 0 saturated heterocycles. The van der Waals surface area contributed by atoms with Gasteiger partial charge in [0, 0.05) is 12.8 Å². The highest BCUT2D eigenvalue weighted by molar-refractivity contribution is 7.47. The van der Waals surface area contributed by atoms with Crippen molar-refractivity contribution in [3.8, 4) is 0 Å². The Labute approximate surface area is 510 Å². The zero-order chi connectivity index (χ0) is 59.8. The van der Waals surface area contributed by atoms with Crippen LogP contribution in [0.5, 0.6) is 0 Å². The predicted octanol–water partition coefficient (Wildman–Crippen LogP) is 23.1. The minimum Gasteiger partial charge on any atom is -0.462 e. The molecule has 0 spiro atoms. The summed E-state index contributed by atoms with van der Waals surface area (Å²) >= 11 is 0. The van der Waals surface area contributed by atoms with Crippen LogP contribution in [-0.4, -0.2) is 74.9 Å². The van der Waals surface area contributed by atoms with E-state index in [1.54, 1.807) is 0 Å². The Morgan fingerprint density at radius 1 is 0.378 bits per heavy atom. The summed E-state index contributed by atoms with van der Waals surface area (Å²) in [6.45, 7) is 4.49. The number of carbonyl (C=O) groups excluding carboxylic acids is 2. The van der Waals surface area contributed by atoms with Crippen molar-refractivity contribution in [3.63, 3.8) is 0 Å². The van der Waals surface area contributed by atoms with Gasteiger partial charge >= 0.3 is 19.8 Å². The molecule has 82 heavy (non-hydrogen) atoms. The van der Waals surface area contributed by atoms with E-state index in [1.807, 2.05) is 21.1 Å². The summed E-state index contributed by atoms with van der Waals surface area (Å²) in [7, 11) is 1.50. The Bertz CT molecular complexity index is 1480. The second kappa shape index (κ2) is 63.7. The largest absolute Gasteiger partial charge is 0.472 e. The molecule has 484 valence electrons. The third-order valence-electron chi connectivity index (χ3n) is 16.2. The van der Waals surface area contributed by atoms with Gasteiger partial charge in [-0.05, 0) is 51.4 Å². The Kier molecular flexibility index (Phi) is 62.3. The van der Waals surface area contributed by atoms with Crippen molar-refractivity contribution < 1.29 is 42.1 Å². The number of carbonyl (C=O) groups is 2. The van der Waals surface area contributed by atoms with Crippen LogP contribution in [-0.2, 0) is 32.7 Å². The summed E-state index contributed by atoms with van der Waals surface area (Å²) < 4.78 is 34.7. The molecule has 2 atom stereocenters. The number of allylic oxidation sites excluding steroid dienone is 6. The van der Waals surface area contributed by atoms with E-state index in [-0.39, 0.29) is 25.6 Å². The van der Waals surface area contributed by atoms with Gasteiger partial charge in [0.25, 0.3) is 0 Å². The van der Waals surface area contributed by atoms with Crippen LogP contribution in [0.15, 0.2) is 36.5 Å². The first-order valence-electron chi connectivity index (χ1n) is 35.7. The SMILES string of the molecule is CCCCCCC/C=C\C/C=C\C/C=C\CCCCCCCCCCCCCCCCCCCCCCCCCCC(=O)OC(COC(=O)CCCCCCCCCCCCCCCCCCCCC)COP(=O)(O)OCC[N+](C)(C)C. The third kappa shape index (κ3) is 67.4. The van der Waals surface area contributed by atoms with Gasteiger partial charge in [0.1, 0.15) is 19.8 Å². The molecule has 0 fully saturated rings. The smallest absolute Gasteiger partial charge is 0.462 e. The summed E-state index contributed by atoms with van der Waals surface area (Å²) in [4.78, 5) is 35.8. The fourth-order valence-corrected chi connectivity index (χ4v) is 11.4. The van der Waals surface area contributed by atoms with Crippen LogP contribution < -0.4 is 0 Å². The lowest BCUT2D eigenvalue weighted by atomic mass is 10.0. The van der Waals surface area contributed by atoms with Gasteiger partial charge < -0.3 is 18.9 Å². The van der Waals surface area contributed by atoms with Crippen LogP contribution in [0.2, 0.25) is 0 Å². The average Bonchev–Trinajstić information content (AvgIpc) is 3.46. The number of ether oxygens (including phenoxy) is 2. The van der Waals surface area contributed by atoms with Crippen molar-refractivity contribution in [2.75, 3.05) is 47.5 Å². The van der Waals surface area contributed by atoms with Crippen LogP contribution in [0.4, 0.5) is 0 Å². The molecule has 10 heteroatoms. The maximum atomic E-state index is 12.9. The summed E-state index contributed by atoms with van der Waals surface area (Å²) in [6.07, 6.45) is 81.2. The van der Waals surface area contributed by atoms with E-state index in [4.69, 9.17) is 18.5 Å². The molecular weight excluding hydrogens is 1040 g/mol. The van der Waals surface area contributed by atoms with Crippen molar-refractivity contribution in [1.29, 1.82) is 0 Å². The average molecular weight is 1180 g/mol. The molecule has 0 aromatic rings. The molecule has 0 rings (SSSR count). The molecule has 0 aromatic carbocycles. The lowest BCUT2D eigenvalue weighted by Gasteiger charge is -2.24. The van der Waals surface area contributed by atoms with E-state index in [9.17, 15) is 19.0 Å². The molecule has 0 heterocycles. The molecule has 2 unspecified atom stereocenters. The van der Waals surface area contributed by atoms with Gasteiger partial charge in [0.05, 0.1) is 27.7 Å². The van der Waals surface area contributed by atoms with E-state index in [0.29, 0.717) is 23.9 Å². The molecule has 1 N–H and O–H groups in total. The second-order valence-corrected chi connectivity index (χ2v) is 27.1. The molecule has 0 aliphatic carbocycles. The number of hydrogen-bond donors (Lipinski definition) is 1. The van der Waals surface area contributed by atoms with Crippen molar-refractivity contribution in [3.05, 3.63) is 36.5 Å². The van der Waals surface area contributed by atoms with Crippen LogP contribution in [0, 0.1) is 0 Å². The maximum Gasteiger partial charge on any atom is 0.472 e. The summed E-state index contributed by atoms with van der Waals surface area (Å²) in [6, 6.07) is 0. The molecule has 0 saturated carbocycles. The van der Waals surface area contributed by atoms with Gasteiger partial charge in [-0.3, -0.25) is 18.6 Å². The normalized spacial score (nSPS) is 13.3. The number of nitrogens with zero attached hydrogens (tertiary/aromatic N) is 1. The highest BCUT2D eigenvalue weighted by Gasteiger charge is 2.27. The minimum absolute atomic E-state index is 0.0356. The number of hydrogen-bond acceptors (Lipinski definition) is 7. The van der Waals surface area contributed by atoms with Gasteiger partial charge in [0.15, 0.2) is 6.10 Å². The number of phosphoric ester groups is 1. The topological polar surface area (TPSA) is 108 Å². The molecule has 9 nitrogen and oxygen atoms in total. The Morgan fingerprint density at radius 2 is 0.659 bits per heavy atom. The van der Waals surface area contributed by atoms with Gasteiger partial charge in [0.2, 0.25) is 0 Å². The van der Waals surface area contributed by atoms with Crippen molar-refractivity contribution >= 4 is 19.8 Å². The third-order valence-corrected chi connectivity index (χ3v) is 17.2. The van der Waals surface area contributed by atoms with Gasteiger partial charge in [-0.1, -0.05) is 333 Å². The minimum atomic E-state index is -4.39. The molecule has 0 amide bonds. The number of esters is 2. The fourth-order valence-electron chi connectivity index (χ4n) is 10.7. The molecule has 0 bridgehead atoms. The molecule has 0 aliphatic heterocycles. The first-order chi connectivity index (χ1) is 40.0. The zero-order valence-electron chi connectivity index (χ0n) is 55.3. The Morgan fingerprint density at radius 3 is 0.976 bits per heavy atom. The van der Waals surface area contributed by atoms with Crippen LogP contribution in [0.3, 0.4) is 0 Å². The highest BCUT2D eigenvalue weighted by Crippen LogP contribution is 2.43. The monoisotopic (exact) mass is 1180 g/mol. The molecule has 0 aliphatic rings. The first-order valence-corrected chi connectivity index (χ1v) is 37.2. The lowest BCUT2D eigenvalue weighted by molar-refractivity contribution is -0.870. The number of rotatable bonds is 67. The Balaban J connectivity index is 3.90. The molecule has 0 radical (unpaired) electrons. The van der Waals surface area contributed by atoms with Gasteiger partial charge in [-0.25, -0.2) is 4.57 Å². The standard InChI is InChI=1S/C72H138NO8P/c1-6-8-10-12-14-16-18-20-22-24-26-27-28-29-30-31-32-33-34-35-36-37-38-39-40-41-42-43-44-45-47-49-51-53-55-57-59-61-63-65-72(75)81-70(69-80-82(76,77)79-67-66-73(3,4)5)68-78-71(74)64-62-60-58-56-54-52-50-48-46-25-23-21-19-17-15-13-11-9-7-2/h18,20,24,26,28-29,70H,6-17,19,21-23,25,27,30-69H2,1-5H3/p+1/b20-18-,26-24-,29-28-. The number of phosphoric acid groups is 1. The molecule has 0 aromatic heterocycles. The van der Waals surface area contributed by atoms with E-state index in [1.165, 1.54) is 283 Å². The van der Waals surface area contributed by atoms with Crippen molar-refractivity contribution in [2.45, 2.75) is 367 Å². The lowest BCUT2D eigenvalue weighted by Crippen LogP contribution is -2.37. The number of unbranched alkanes of at least 4 members (excludes halogenated alkanes) is 47. The van der Waals surface area contributed by atoms with Gasteiger partial charge in [-0.2, -0.15) is 0 Å². The number of likely N-dealkylation sites (N-methyl/N-ethyl adjacent to an activating group) is 1. The maximum absolute atomic E-state index is 12.9. The highest BCUT2D eigenvalue weighted by atomic mass is 31.2. The second-order valence-electron chi connectivity index (χ2n) is 25.6. The predicted molar refractivity (Wildman–Crippen MR) is 354 cm³/mol. The van der Waals surface area contributed by atoms with Crippen LogP contribution in [0.1, 0.15) is 361 Å².